The summed E-state index contributed by atoms with van der Waals surface area (Å²) in [6.45, 7) is 18.7. The van der Waals surface area contributed by atoms with Crippen molar-refractivity contribution in [3.63, 3.8) is 0 Å². The lowest BCUT2D eigenvalue weighted by Gasteiger charge is -2.54. The molecule has 0 spiro atoms. The Bertz CT molecular complexity index is 1850. The molecule has 3 aromatic rings. The number of anilines is 1. The van der Waals surface area contributed by atoms with E-state index in [1.54, 1.807) is 0 Å². The molecule has 7 rings (SSSR count). The minimum Gasteiger partial charge on any atom is -0.458 e. The average Bonchev–Trinajstić information content (AvgIpc) is 3.61. The first-order valence-electron chi connectivity index (χ1n) is 16.8. The summed E-state index contributed by atoms with van der Waals surface area (Å²) in [5, 5.41) is 4.78. The number of fused-ring (bicyclic) bond motifs is 5. The van der Waals surface area contributed by atoms with Gasteiger partial charge in [-0.15, -0.1) is 5.10 Å². The van der Waals surface area contributed by atoms with Crippen molar-refractivity contribution in [1.82, 2.24) is 24.1 Å². The molecule has 1 saturated carbocycles. The highest BCUT2D eigenvalue weighted by atomic mass is 16.6. The second-order valence-electron chi connectivity index (χ2n) is 16.0. The van der Waals surface area contributed by atoms with Gasteiger partial charge in [0, 0.05) is 30.6 Å². The Balaban J connectivity index is 1.35. The molecule has 12 nitrogen and oxygen atoms in total. The van der Waals surface area contributed by atoms with Crippen LogP contribution < -0.4 is 10.5 Å². The molecule has 1 unspecified atom stereocenters. The third kappa shape index (κ3) is 5.28. The van der Waals surface area contributed by atoms with Gasteiger partial charge in [-0.3, -0.25) is 9.36 Å². The fourth-order valence-electron chi connectivity index (χ4n) is 7.66. The monoisotopic (exact) mass is 646 g/mol. The Morgan fingerprint density at radius 3 is 2.36 bits per heavy atom. The molecule has 1 aromatic carbocycles. The van der Waals surface area contributed by atoms with E-state index in [1.807, 2.05) is 90.0 Å². The molecule has 4 atom stereocenters. The standard InChI is InChI=1S/C35H46N6O6/c1-19-16-25(30(43)46-33(2,3)4)40-26(19)27(38-14-15-39(24-13-12-23(24)38)32(44)47-34(5,6)7)29(42)41-31(40)36-28(37-41)20-10-11-22-21(17-20)18-45-35(22,8)9/h10-11,17,19,23-25H,12-16,18H2,1-9H3/t19-,23+,24+,25?/m1/s1. The summed E-state index contributed by atoms with van der Waals surface area (Å²) >= 11 is 0. The fraction of sp³-hybridized carbons (Fsp3) is 0.629. The molecule has 12 heteroatoms. The highest BCUT2D eigenvalue weighted by molar-refractivity contribution is 5.78. The minimum absolute atomic E-state index is 0.0537. The minimum atomic E-state index is -0.683. The molecule has 2 aromatic heterocycles. The van der Waals surface area contributed by atoms with E-state index in [2.05, 4.69) is 4.90 Å². The fourth-order valence-corrected chi connectivity index (χ4v) is 7.66. The second kappa shape index (κ2) is 10.5. The third-order valence-corrected chi connectivity index (χ3v) is 9.84. The molecule has 0 radical (unpaired) electrons. The SMILES string of the molecule is C[C@@H]1CC(C(=O)OC(C)(C)C)n2c1c(N1CCN(C(=O)OC(C)(C)C)[C@H]3CC[C@@H]31)c(=O)n1nc(-c3ccc4c(c3)COC4(C)C)nc21. The lowest BCUT2D eigenvalue weighted by molar-refractivity contribution is -0.158. The van der Waals surface area contributed by atoms with E-state index in [1.165, 1.54) is 4.52 Å². The summed E-state index contributed by atoms with van der Waals surface area (Å²) in [5.41, 5.74) is 2.30. The number of nitrogens with zero attached hydrogens (tertiary/aromatic N) is 6. The number of carbonyl (C=O) groups is 2. The Morgan fingerprint density at radius 2 is 1.70 bits per heavy atom. The van der Waals surface area contributed by atoms with Crippen LogP contribution in [0.2, 0.25) is 0 Å². The van der Waals surface area contributed by atoms with Crippen LogP contribution in [-0.2, 0) is 31.2 Å². The first-order valence-corrected chi connectivity index (χ1v) is 16.8. The van der Waals surface area contributed by atoms with Crippen molar-refractivity contribution in [1.29, 1.82) is 0 Å². The van der Waals surface area contributed by atoms with Gasteiger partial charge in [0.25, 0.3) is 5.56 Å². The van der Waals surface area contributed by atoms with Crippen LogP contribution in [0, 0.1) is 0 Å². The lowest BCUT2D eigenvalue weighted by Crippen LogP contribution is -2.67. The summed E-state index contributed by atoms with van der Waals surface area (Å²) in [6.07, 6.45) is 1.81. The highest BCUT2D eigenvalue weighted by Crippen LogP contribution is 2.45. The van der Waals surface area contributed by atoms with Gasteiger partial charge in [-0.2, -0.15) is 9.50 Å². The maximum Gasteiger partial charge on any atom is 0.410 e. The molecular formula is C35H46N6O6. The third-order valence-electron chi connectivity index (χ3n) is 9.84. The smallest absolute Gasteiger partial charge is 0.410 e. The molecule has 252 valence electrons. The quantitative estimate of drug-likeness (QED) is 0.349. The number of amides is 1. The van der Waals surface area contributed by atoms with Crippen LogP contribution in [0.25, 0.3) is 17.2 Å². The molecule has 1 aliphatic carbocycles. The van der Waals surface area contributed by atoms with Gasteiger partial charge in [0.15, 0.2) is 5.82 Å². The Morgan fingerprint density at radius 1 is 1.00 bits per heavy atom. The van der Waals surface area contributed by atoms with Crippen molar-refractivity contribution < 1.29 is 23.8 Å². The molecule has 0 bridgehead atoms. The topological polar surface area (TPSA) is 121 Å². The van der Waals surface area contributed by atoms with E-state index in [-0.39, 0.29) is 41.2 Å². The largest absolute Gasteiger partial charge is 0.458 e. The van der Waals surface area contributed by atoms with Gasteiger partial charge in [-0.1, -0.05) is 19.1 Å². The first-order chi connectivity index (χ1) is 21.9. The van der Waals surface area contributed by atoms with E-state index in [9.17, 15) is 14.4 Å². The average molecular weight is 647 g/mol. The maximum atomic E-state index is 14.6. The van der Waals surface area contributed by atoms with Crippen molar-refractivity contribution in [2.45, 2.75) is 129 Å². The molecule has 1 amide bonds. The van der Waals surface area contributed by atoms with E-state index in [4.69, 9.17) is 24.3 Å². The molecule has 4 aliphatic rings. The maximum absolute atomic E-state index is 14.6. The van der Waals surface area contributed by atoms with E-state index in [0.29, 0.717) is 43.4 Å². The number of hydrogen-bond donors (Lipinski definition) is 0. The van der Waals surface area contributed by atoms with Gasteiger partial charge in [0.2, 0.25) is 5.78 Å². The Hall–Kier alpha value is -3.93. The van der Waals surface area contributed by atoms with Crippen LogP contribution in [0.15, 0.2) is 23.0 Å². The van der Waals surface area contributed by atoms with Gasteiger partial charge in [0.05, 0.1) is 23.9 Å². The van der Waals surface area contributed by atoms with Crippen molar-refractivity contribution in [3.05, 3.63) is 45.4 Å². The zero-order chi connectivity index (χ0) is 33.8. The second-order valence-corrected chi connectivity index (χ2v) is 16.0. The number of ether oxygens (including phenoxy) is 3. The first kappa shape index (κ1) is 31.7. The van der Waals surface area contributed by atoms with Crippen molar-refractivity contribution >= 4 is 23.5 Å². The molecule has 5 heterocycles. The summed E-state index contributed by atoms with van der Waals surface area (Å²) in [4.78, 5) is 50.4. The van der Waals surface area contributed by atoms with Gasteiger partial charge >= 0.3 is 12.1 Å². The van der Waals surface area contributed by atoms with Gasteiger partial charge in [-0.05, 0) is 91.8 Å². The normalized spacial score (nSPS) is 24.9. The number of piperazine rings is 1. The van der Waals surface area contributed by atoms with Crippen LogP contribution in [0.4, 0.5) is 10.5 Å². The lowest BCUT2D eigenvalue weighted by atomic mass is 9.81. The van der Waals surface area contributed by atoms with Crippen LogP contribution in [-0.4, -0.2) is 72.5 Å². The number of carbonyl (C=O) groups excluding carboxylic acids is 2. The summed E-state index contributed by atoms with van der Waals surface area (Å²) < 4.78 is 20.9. The molecule has 3 aliphatic heterocycles. The van der Waals surface area contributed by atoms with Gasteiger partial charge < -0.3 is 24.0 Å². The van der Waals surface area contributed by atoms with Gasteiger partial charge in [0.1, 0.15) is 22.9 Å². The van der Waals surface area contributed by atoms with Crippen LogP contribution in [0.5, 0.6) is 0 Å². The molecule has 0 N–H and O–H groups in total. The predicted octanol–water partition coefficient (Wildman–Crippen LogP) is 5.30. The number of aromatic nitrogens is 4. The van der Waals surface area contributed by atoms with Crippen LogP contribution in [0.1, 0.15) is 110 Å². The number of hydrogen-bond acceptors (Lipinski definition) is 9. The predicted molar refractivity (Wildman–Crippen MR) is 176 cm³/mol. The van der Waals surface area contributed by atoms with E-state index in [0.717, 1.165) is 35.2 Å². The molecule has 1 saturated heterocycles. The van der Waals surface area contributed by atoms with E-state index < -0.39 is 17.2 Å². The molecular weight excluding hydrogens is 600 g/mol. The Labute approximate surface area is 275 Å². The van der Waals surface area contributed by atoms with Crippen molar-refractivity contribution in [3.8, 4) is 11.4 Å². The van der Waals surface area contributed by atoms with E-state index >= 15 is 0 Å². The van der Waals surface area contributed by atoms with Gasteiger partial charge in [-0.25, -0.2) is 9.59 Å². The number of rotatable bonds is 3. The summed E-state index contributed by atoms with van der Waals surface area (Å²) in [7, 11) is 0. The summed E-state index contributed by atoms with van der Waals surface area (Å²) in [6, 6.07) is 5.23. The number of esters is 1. The number of benzene rings is 1. The summed E-state index contributed by atoms with van der Waals surface area (Å²) in [5.74, 6) is 0.235. The van der Waals surface area contributed by atoms with Crippen molar-refractivity contribution in [2.75, 3.05) is 18.0 Å². The molecule has 47 heavy (non-hydrogen) atoms. The van der Waals surface area contributed by atoms with Crippen molar-refractivity contribution in [2.24, 2.45) is 0 Å². The Kier molecular flexibility index (Phi) is 7.10. The zero-order valence-electron chi connectivity index (χ0n) is 28.9. The zero-order valence-corrected chi connectivity index (χ0v) is 28.9. The molecule has 2 fully saturated rings. The van der Waals surface area contributed by atoms with Crippen LogP contribution in [0.3, 0.4) is 0 Å². The highest BCUT2D eigenvalue weighted by Gasteiger charge is 2.49. The van der Waals surface area contributed by atoms with Crippen LogP contribution >= 0.6 is 0 Å².